The Morgan fingerprint density at radius 2 is 1.71 bits per heavy atom. The minimum absolute atomic E-state index is 0. The quantitative estimate of drug-likeness (QED) is 0.313. The first-order valence-electron chi connectivity index (χ1n) is 1.03. The van der Waals surface area contributed by atoms with E-state index in [1.807, 2.05) is 0 Å². The Balaban J connectivity index is 0. The van der Waals surface area contributed by atoms with Gasteiger partial charge in [-0.3, -0.25) is 0 Å². The Morgan fingerprint density at radius 3 is 1.71 bits per heavy atom. The summed E-state index contributed by atoms with van der Waals surface area (Å²) < 4.78 is 9.33. The third kappa shape index (κ3) is 10.7. The van der Waals surface area contributed by atoms with Crippen LogP contribution in [0.4, 0.5) is 0 Å². The van der Waals surface area contributed by atoms with Crippen molar-refractivity contribution in [2.45, 2.75) is 0 Å². The van der Waals surface area contributed by atoms with E-state index in [4.69, 9.17) is 15.0 Å². The Bertz CT molecular complexity index is 121. The summed E-state index contributed by atoms with van der Waals surface area (Å²) in [5.41, 5.74) is 0. The van der Waals surface area contributed by atoms with Crippen LogP contribution in [0.2, 0.25) is 0 Å². The van der Waals surface area contributed by atoms with Crippen LogP contribution in [0.25, 0.3) is 0 Å². The van der Waals surface area contributed by atoms with Gasteiger partial charge >= 0.3 is 26.5 Å². The van der Waals surface area contributed by atoms with Gasteiger partial charge in [0.25, 0.3) is 0 Å². The summed E-state index contributed by atoms with van der Waals surface area (Å²) >= 11 is 0. The maximum atomic E-state index is 9.33. The second-order valence-corrected chi connectivity index (χ2v) is 1.93. The minimum atomic E-state index is -4.34. The van der Waals surface area contributed by atoms with E-state index in [9.17, 15) is 4.57 Å². The van der Waals surface area contributed by atoms with Crippen LogP contribution in [0, 0.1) is 11.1 Å². The Morgan fingerprint density at radius 1 is 1.57 bits per heavy atom. The molecular formula is CH3LiNO3P. The summed E-state index contributed by atoms with van der Waals surface area (Å²) in [6.07, 6.45) is 0. The van der Waals surface area contributed by atoms with Crippen molar-refractivity contribution in [1.82, 2.24) is 0 Å². The van der Waals surface area contributed by atoms with Crippen LogP contribution in [-0.4, -0.2) is 28.6 Å². The molecule has 0 fully saturated rings. The average Bonchev–Trinajstić information content (AvgIpc) is 1.35. The molecule has 0 radical (unpaired) electrons. The molecule has 0 unspecified atom stereocenters. The summed E-state index contributed by atoms with van der Waals surface area (Å²) in [6, 6.07) is 0. The number of rotatable bonds is 0. The Kier molecular flexibility index (Phi) is 4.79. The first-order valence-corrected chi connectivity index (χ1v) is 2.64. The average molecular weight is 115 g/mol. The molecule has 0 aliphatic carbocycles. The molecule has 0 aliphatic heterocycles. The van der Waals surface area contributed by atoms with E-state index in [1.165, 1.54) is 0 Å². The molecule has 0 aromatic rings. The third-order valence-corrected chi connectivity index (χ3v) is 0.391. The van der Waals surface area contributed by atoms with Crippen molar-refractivity contribution in [3.05, 3.63) is 0 Å². The first kappa shape index (κ1) is 10.3. The molecule has 2 N–H and O–H groups in total. The normalized spacial score (nSPS) is 8.71. The molecule has 0 aromatic carbocycles. The molecule has 7 heavy (non-hydrogen) atoms. The topological polar surface area (TPSA) is 81.3 Å². The van der Waals surface area contributed by atoms with Gasteiger partial charge in [-0.1, -0.05) is 0 Å². The van der Waals surface area contributed by atoms with Crippen molar-refractivity contribution < 1.29 is 14.4 Å². The molecule has 36 valence electrons. The van der Waals surface area contributed by atoms with E-state index < -0.39 is 7.60 Å². The number of hydrogen-bond acceptors (Lipinski definition) is 2. The van der Waals surface area contributed by atoms with Crippen molar-refractivity contribution in [2.24, 2.45) is 0 Å². The zero-order valence-electron chi connectivity index (χ0n) is 2.70. The van der Waals surface area contributed by atoms with Gasteiger partial charge in [0, 0.05) is 0 Å². The van der Waals surface area contributed by atoms with Crippen LogP contribution >= 0.6 is 7.60 Å². The van der Waals surface area contributed by atoms with Gasteiger partial charge in [0.15, 0.2) is 5.81 Å². The van der Waals surface area contributed by atoms with Crippen LogP contribution in [0.1, 0.15) is 0 Å². The molecule has 0 heterocycles. The van der Waals surface area contributed by atoms with E-state index in [-0.39, 0.29) is 18.9 Å². The predicted octanol–water partition coefficient (Wildman–Crippen LogP) is -1.00. The molecule has 0 spiro atoms. The van der Waals surface area contributed by atoms with Crippen LogP contribution in [0.15, 0.2) is 0 Å². The van der Waals surface area contributed by atoms with Gasteiger partial charge in [0.2, 0.25) is 0 Å². The molecule has 6 heteroatoms. The summed E-state index contributed by atoms with van der Waals surface area (Å²) in [5.74, 6) is 0.771. The molecular weight excluding hydrogens is 112 g/mol. The summed E-state index contributed by atoms with van der Waals surface area (Å²) in [7, 11) is -4.34. The summed E-state index contributed by atoms with van der Waals surface area (Å²) in [5, 5.41) is 7.39. The number of hydrogen-bond donors (Lipinski definition) is 2. The Hall–Kier alpha value is 0.237. The van der Waals surface area contributed by atoms with Crippen molar-refractivity contribution in [1.29, 1.82) is 5.26 Å². The number of nitriles is 1. The first-order chi connectivity index (χ1) is 2.56. The molecule has 4 nitrogen and oxygen atoms in total. The molecule has 0 amide bonds. The van der Waals surface area contributed by atoms with Gasteiger partial charge in [0.05, 0.1) is 0 Å². The summed E-state index contributed by atoms with van der Waals surface area (Å²) in [4.78, 5) is 15.2. The van der Waals surface area contributed by atoms with E-state index in [1.54, 1.807) is 0 Å². The molecule has 0 rings (SSSR count). The molecule has 0 aliphatic rings. The van der Waals surface area contributed by atoms with Crippen molar-refractivity contribution in [3.63, 3.8) is 0 Å². The molecule has 0 saturated carbocycles. The van der Waals surface area contributed by atoms with Gasteiger partial charge in [-0.25, -0.2) is 4.57 Å². The monoisotopic (exact) mass is 115 g/mol. The second-order valence-electron chi connectivity index (χ2n) is 0.644. The summed E-state index contributed by atoms with van der Waals surface area (Å²) in [6.45, 7) is 0. The van der Waals surface area contributed by atoms with Crippen LogP contribution in [-0.2, 0) is 4.57 Å². The van der Waals surface area contributed by atoms with Gasteiger partial charge < -0.3 is 9.79 Å². The zero-order chi connectivity index (χ0) is 5.21. The van der Waals surface area contributed by atoms with Crippen LogP contribution in [0.3, 0.4) is 0 Å². The van der Waals surface area contributed by atoms with Gasteiger partial charge in [-0.15, -0.1) is 0 Å². The fraction of sp³-hybridized carbons (Fsp3) is 0. The van der Waals surface area contributed by atoms with E-state index in [0.29, 0.717) is 0 Å². The van der Waals surface area contributed by atoms with Crippen LogP contribution in [0.5, 0.6) is 0 Å². The fourth-order valence-electron chi connectivity index (χ4n) is 0. The maximum absolute atomic E-state index is 9.33. The molecule has 0 atom stereocenters. The molecule has 0 bridgehead atoms. The Labute approximate surface area is 52.5 Å². The van der Waals surface area contributed by atoms with E-state index in [2.05, 4.69) is 0 Å². The second kappa shape index (κ2) is 3.27. The van der Waals surface area contributed by atoms with Gasteiger partial charge in [-0.05, 0) is 0 Å². The predicted molar refractivity (Wildman–Crippen MR) is 24.8 cm³/mol. The zero-order valence-corrected chi connectivity index (χ0v) is 3.59. The van der Waals surface area contributed by atoms with Gasteiger partial charge in [0.1, 0.15) is 0 Å². The van der Waals surface area contributed by atoms with Crippen molar-refractivity contribution in [3.8, 4) is 5.81 Å². The third-order valence-electron chi connectivity index (χ3n) is 0.130. The fourth-order valence-corrected chi connectivity index (χ4v) is 0. The van der Waals surface area contributed by atoms with Crippen molar-refractivity contribution >= 4 is 26.5 Å². The van der Waals surface area contributed by atoms with E-state index in [0.717, 1.165) is 5.81 Å². The molecule has 0 saturated heterocycles. The van der Waals surface area contributed by atoms with Crippen LogP contribution < -0.4 is 0 Å². The van der Waals surface area contributed by atoms with Crippen molar-refractivity contribution in [2.75, 3.05) is 0 Å². The molecule has 0 aromatic heterocycles. The number of nitrogens with zero attached hydrogens (tertiary/aromatic N) is 1. The van der Waals surface area contributed by atoms with E-state index >= 15 is 0 Å². The standard InChI is InChI=1S/CH2NO3P.Li.H/c2-1-6(3,4)5;;/h(H2,3,4,5);;. The van der Waals surface area contributed by atoms with Gasteiger partial charge in [-0.2, -0.15) is 5.26 Å². The SMILES string of the molecule is N#CP(=O)(O)O.[LiH].